The fourth-order valence-corrected chi connectivity index (χ4v) is 3.11. The van der Waals surface area contributed by atoms with E-state index in [4.69, 9.17) is 9.47 Å². The van der Waals surface area contributed by atoms with Crippen LogP contribution in [0.25, 0.3) is 10.9 Å². The van der Waals surface area contributed by atoms with E-state index >= 15 is 0 Å². The zero-order valence-corrected chi connectivity index (χ0v) is 16.3. The first-order valence-electron chi connectivity index (χ1n) is 9.05. The van der Waals surface area contributed by atoms with Gasteiger partial charge in [0.25, 0.3) is 12.0 Å². The quantitative estimate of drug-likeness (QED) is 0.564. The number of nitrogens with zero attached hydrogens (tertiary/aromatic N) is 3. The standard InChI is InChI=1S/C20H21F2N3O4/c1-4-29-20(27)12(2)24-11-15(18(21)22)17-16(24)9-23-25(19(17)26)10-13-5-7-14(28-3)8-6-13/h5-9,11-12,18H,4,10H2,1-3H3. The molecule has 2 aromatic heterocycles. The van der Waals surface area contributed by atoms with Gasteiger partial charge in [0.05, 0.1) is 37.4 Å². The maximum absolute atomic E-state index is 13.6. The Morgan fingerprint density at radius 1 is 1.24 bits per heavy atom. The van der Waals surface area contributed by atoms with Gasteiger partial charge in [-0.1, -0.05) is 12.1 Å². The Balaban J connectivity index is 2.07. The lowest BCUT2D eigenvalue weighted by atomic mass is 10.2. The van der Waals surface area contributed by atoms with Crippen LogP contribution in [0.1, 0.15) is 37.4 Å². The number of fused-ring (bicyclic) bond motifs is 1. The van der Waals surface area contributed by atoms with E-state index < -0.39 is 29.6 Å². The van der Waals surface area contributed by atoms with Gasteiger partial charge in [-0.2, -0.15) is 5.10 Å². The molecule has 3 rings (SSSR count). The molecule has 0 N–H and O–H groups in total. The number of aromatic nitrogens is 3. The normalized spacial score (nSPS) is 12.3. The molecule has 0 spiro atoms. The van der Waals surface area contributed by atoms with E-state index in [-0.39, 0.29) is 24.1 Å². The first kappa shape index (κ1) is 20.5. The molecule has 7 nitrogen and oxygen atoms in total. The number of benzene rings is 1. The third-order valence-corrected chi connectivity index (χ3v) is 4.64. The molecule has 0 aliphatic heterocycles. The Labute approximate surface area is 165 Å². The van der Waals surface area contributed by atoms with Crippen molar-refractivity contribution in [1.82, 2.24) is 14.3 Å². The van der Waals surface area contributed by atoms with Gasteiger partial charge in [0.2, 0.25) is 0 Å². The van der Waals surface area contributed by atoms with Crippen molar-refractivity contribution < 1.29 is 23.0 Å². The van der Waals surface area contributed by atoms with Gasteiger partial charge in [-0.15, -0.1) is 0 Å². The maximum Gasteiger partial charge on any atom is 0.328 e. The molecule has 29 heavy (non-hydrogen) atoms. The predicted molar refractivity (Wildman–Crippen MR) is 102 cm³/mol. The monoisotopic (exact) mass is 405 g/mol. The van der Waals surface area contributed by atoms with Crippen LogP contribution >= 0.6 is 0 Å². The molecule has 2 heterocycles. The molecule has 0 fully saturated rings. The van der Waals surface area contributed by atoms with E-state index in [0.717, 1.165) is 16.4 Å². The molecule has 0 saturated carbocycles. The van der Waals surface area contributed by atoms with E-state index in [1.165, 1.54) is 17.7 Å². The molecule has 154 valence electrons. The smallest absolute Gasteiger partial charge is 0.328 e. The number of ether oxygens (including phenoxy) is 2. The van der Waals surface area contributed by atoms with Gasteiger partial charge in [0, 0.05) is 11.8 Å². The van der Waals surface area contributed by atoms with Crippen LogP contribution in [-0.2, 0) is 16.1 Å². The second-order valence-electron chi connectivity index (χ2n) is 6.44. The number of hydrogen-bond donors (Lipinski definition) is 0. The minimum absolute atomic E-state index is 0.111. The summed E-state index contributed by atoms with van der Waals surface area (Å²) in [5.74, 6) is 0.0853. The lowest BCUT2D eigenvalue weighted by molar-refractivity contribution is -0.146. The number of esters is 1. The number of halogens is 2. The molecular formula is C20H21F2N3O4. The minimum Gasteiger partial charge on any atom is -0.497 e. The van der Waals surface area contributed by atoms with E-state index in [9.17, 15) is 18.4 Å². The van der Waals surface area contributed by atoms with Gasteiger partial charge < -0.3 is 14.0 Å². The third-order valence-electron chi connectivity index (χ3n) is 4.64. The van der Waals surface area contributed by atoms with Crippen LogP contribution < -0.4 is 10.3 Å². The van der Waals surface area contributed by atoms with Crippen molar-refractivity contribution in [2.24, 2.45) is 0 Å². The molecule has 0 radical (unpaired) electrons. The van der Waals surface area contributed by atoms with Crippen molar-refractivity contribution in [3.63, 3.8) is 0 Å². The van der Waals surface area contributed by atoms with E-state index in [2.05, 4.69) is 5.10 Å². The summed E-state index contributed by atoms with van der Waals surface area (Å²) in [6, 6.07) is 6.13. The predicted octanol–water partition coefficient (Wildman–Crippen LogP) is 3.32. The molecule has 0 amide bonds. The lowest BCUT2D eigenvalue weighted by Crippen LogP contribution is -2.24. The Bertz CT molecular complexity index is 1070. The van der Waals surface area contributed by atoms with E-state index in [1.807, 2.05) is 0 Å². The van der Waals surface area contributed by atoms with Crippen LogP contribution in [0, 0.1) is 0 Å². The highest BCUT2D eigenvalue weighted by molar-refractivity contribution is 5.85. The van der Waals surface area contributed by atoms with Crippen molar-refractivity contribution in [3.05, 3.63) is 58.1 Å². The fourth-order valence-electron chi connectivity index (χ4n) is 3.11. The van der Waals surface area contributed by atoms with Crippen LogP contribution in [0.2, 0.25) is 0 Å². The summed E-state index contributed by atoms with van der Waals surface area (Å²) in [6.07, 6.45) is -0.433. The summed E-state index contributed by atoms with van der Waals surface area (Å²) >= 11 is 0. The Morgan fingerprint density at radius 3 is 2.52 bits per heavy atom. The van der Waals surface area contributed by atoms with Crippen molar-refractivity contribution in [1.29, 1.82) is 0 Å². The number of carbonyl (C=O) groups is 1. The summed E-state index contributed by atoms with van der Waals surface area (Å²) < 4.78 is 39.8. The number of methoxy groups -OCH3 is 1. The van der Waals surface area contributed by atoms with E-state index in [1.54, 1.807) is 38.3 Å². The zero-order chi connectivity index (χ0) is 21.1. The van der Waals surface area contributed by atoms with Crippen molar-refractivity contribution >= 4 is 16.9 Å². The Kier molecular flexibility index (Phi) is 5.95. The van der Waals surface area contributed by atoms with Crippen LogP contribution in [0.3, 0.4) is 0 Å². The summed E-state index contributed by atoms with van der Waals surface area (Å²) in [5.41, 5.74) is -0.162. The topological polar surface area (TPSA) is 75.3 Å². The fraction of sp³-hybridized carbons (Fsp3) is 0.350. The van der Waals surface area contributed by atoms with Crippen molar-refractivity contribution in [2.75, 3.05) is 13.7 Å². The number of rotatable bonds is 7. The Hall–Kier alpha value is -3.23. The summed E-state index contributed by atoms with van der Waals surface area (Å²) in [5, 5.41) is 3.97. The van der Waals surface area contributed by atoms with Crippen molar-refractivity contribution in [2.45, 2.75) is 32.9 Å². The third kappa shape index (κ3) is 3.98. The molecule has 1 aromatic carbocycles. The summed E-state index contributed by atoms with van der Waals surface area (Å²) in [4.78, 5) is 25.0. The highest BCUT2D eigenvalue weighted by Gasteiger charge is 2.25. The van der Waals surface area contributed by atoms with Gasteiger partial charge in [-0.25, -0.2) is 18.3 Å². The number of hydrogen-bond acceptors (Lipinski definition) is 5. The molecule has 0 bridgehead atoms. The molecule has 0 aliphatic rings. The zero-order valence-electron chi connectivity index (χ0n) is 16.3. The molecule has 0 saturated heterocycles. The minimum atomic E-state index is -2.88. The maximum atomic E-state index is 13.6. The molecule has 3 aromatic rings. The average molecular weight is 405 g/mol. The Morgan fingerprint density at radius 2 is 1.93 bits per heavy atom. The second kappa shape index (κ2) is 8.42. The molecular weight excluding hydrogens is 384 g/mol. The molecule has 1 atom stereocenters. The molecule has 0 aliphatic carbocycles. The van der Waals surface area contributed by atoms with E-state index in [0.29, 0.717) is 5.75 Å². The van der Waals surface area contributed by atoms with Gasteiger partial charge in [0.1, 0.15) is 11.8 Å². The number of alkyl halides is 2. The highest BCUT2D eigenvalue weighted by Crippen LogP contribution is 2.29. The largest absolute Gasteiger partial charge is 0.497 e. The molecule has 1 unspecified atom stereocenters. The SMILES string of the molecule is CCOC(=O)C(C)n1cc(C(F)F)c2c(=O)n(Cc3ccc(OC)cc3)ncc21. The van der Waals surface area contributed by atoms with Gasteiger partial charge in [-0.3, -0.25) is 4.79 Å². The van der Waals surface area contributed by atoms with Crippen LogP contribution in [0.15, 0.2) is 41.5 Å². The first-order chi connectivity index (χ1) is 13.9. The van der Waals surface area contributed by atoms with Gasteiger partial charge >= 0.3 is 5.97 Å². The van der Waals surface area contributed by atoms with Gasteiger partial charge in [0.15, 0.2) is 0 Å². The first-order valence-corrected chi connectivity index (χ1v) is 9.05. The van der Waals surface area contributed by atoms with Gasteiger partial charge in [-0.05, 0) is 31.5 Å². The van der Waals surface area contributed by atoms with Crippen LogP contribution in [0.5, 0.6) is 5.75 Å². The lowest BCUT2D eigenvalue weighted by Gasteiger charge is -2.13. The highest BCUT2D eigenvalue weighted by atomic mass is 19.3. The average Bonchev–Trinajstić information content (AvgIpc) is 3.11. The number of carbonyl (C=O) groups excluding carboxylic acids is 1. The van der Waals surface area contributed by atoms with Crippen LogP contribution in [-0.4, -0.2) is 34.0 Å². The van der Waals surface area contributed by atoms with Crippen molar-refractivity contribution in [3.8, 4) is 5.75 Å². The second-order valence-corrected chi connectivity index (χ2v) is 6.44. The summed E-state index contributed by atoms with van der Waals surface area (Å²) in [7, 11) is 1.54. The van der Waals surface area contributed by atoms with Crippen LogP contribution in [0.4, 0.5) is 8.78 Å². The molecule has 9 heteroatoms. The summed E-state index contributed by atoms with van der Waals surface area (Å²) in [6.45, 7) is 3.45.